The molecule has 0 N–H and O–H groups in total. The van der Waals surface area contributed by atoms with E-state index in [4.69, 9.17) is 9.15 Å². The Labute approximate surface area is 187 Å². The van der Waals surface area contributed by atoms with Crippen molar-refractivity contribution in [3.05, 3.63) is 47.6 Å². The van der Waals surface area contributed by atoms with E-state index in [9.17, 15) is 22.4 Å². The van der Waals surface area contributed by atoms with E-state index >= 15 is 0 Å². The number of aliphatic imine (C=N–C) groups is 2. The predicted octanol–water partition coefficient (Wildman–Crippen LogP) is 4.57. The Morgan fingerprint density at radius 2 is 2.06 bits per heavy atom. The molecule has 33 heavy (non-hydrogen) atoms. The first-order valence-corrected chi connectivity index (χ1v) is 9.80. The smallest absolute Gasteiger partial charge is 0.429 e. The largest absolute Gasteiger partial charge is 0.474 e. The highest BCUT2D eigenvalue weighted by Crippen LogP contribution is 2.27. The molecule has 0 aliphatic carbocycles. The predicted molar refractivity (Wildman–Crippen MR) is 113 cm³/mol. The number of amides is 1. The minimum Gasteiger partial charge on any atom is -0.474 e. The number of carbonyl (C=O) groups is 1. The average molecular weight is 469 g/mol. The van der Waals surface area contributed by atoms with Crippen LogP contribution in [0.25, 0.3) is 11.5 Å². The van der Waals surface area contributed by atoms with E-state index in [2.05, 4.69) is 26.9 Å². The number of hydrogen-bond acceptors (Lipinski definition) is 7. The number of benzene rings is 1. The van der Waals surface area contributed by atoms with Crippen molar-refractivity contribution in [2.75, 3.05) is 13.2 Å². The molecule has 2 aromatic rings. The quantitative estimate of drug-likeness (QED) is 0.305. The summed E-state index contributed by atoms with van der Waals surface area (Å²) in [6.07, 6.45) is -3.79. The van der Waals surface area contributed by atoms with Gasteiger partial charge in [-0.2, -0.15) is 13.2 Å². The van der Waals surface area contributed by atoms with Crippen molar-refractivity contribution in [1.29, 1.82) is 0 Å². The van der Waals surface area contributed by atoms with E-state index in [1.807, 2.05) is 0 Å². The van der Waals surface area contributed by atoms with Gasteiger partial charge in [-0.3, -0.25) is 9.79 Å². The Bertz CT molecular complexity index is 1060. The topological polar surface area (TPSA) is 93.2 Å². The monoisotopic (exact) mass is 469 g/mol. The summed E-state index contributed by atoms with van der Waals surface area (Å²) in [5, 5.41) is 7.48. The zero-order valence-electron chi connectivity index (χ0n) is 18.5. The van der Waals surface area contributed by atoms with Gasteiger partial charge < -0.3 is 14.1 Å². The highest BCUT2D eigenvalue weighted by atomic mass is 19.4. The summed E-state index contributed by atoms with van der Waals surface area (Å²) < 4.78 is 63.0. The summed E-state index contributed by atoms with van der Waals surface area (Å²) in [6.45, 7) is 9.05. The molecule has 0 spiro atoms. The van der Waals surface area contributed by atoms with E-state index in [0.717, 1.165) is 13.1 Å². The number of likely N-dealkylation sites (N-methyl/N-ethyl adjacent to an activating group) is 1. The second kappa shape index (κ2) is 10.8. The number of aryl methyl sites for hydroxylation is 1. The van der Waals surface area contributed by atoms with Gasteiger partial charge in [-0.25, -0.2) is 9.38 Å². The molecule has 0 bridgehead atoms. The highest BCUT2D eigenvalue weighted by Gasteiger charge is 2.31. The lowest BCUT2D eigenvalue weighted by molar-refractivity contribution is -0.0592. The number of ether oxygens (including phenoxy) is 1. The SMILES string of the molecule is C=N/C(=C\N=C(C)C(F)(F)F)OC[C@H](C)N(CC)C(=O)c1cccc(F)c1-c1nnc(C)o1. The van der Waals surface area contributed by atoms with Crippen LogP contribution in [0.3, 0.4) is 0 Å². The summed E-state index contributed by atoms with van der Waals surface area (Å²) in [6, 6.07) is 3.42. The molecular formula is C21H23F4N5O3. The van der Waals surface area contributed by atoms with Crippen LogP contribution in [0.15, 0.2) is 44.7 Å². The molecule has 1 amide bonds. The summed E-state index contributed by atoms with van der Waals surface area (Å²) in [4.78, 5) is 21.4. The number of nitrogens with zero attached hydrogens (tertiary/aromatic N) is 5. The van der Waals surface area contributed by atoms with E-state index in [1.54, 1.807) is 13.8 Å². The van der Waals surface area contributed by atoms with Crippen LogP contribution in [-0.2, 0) is 4.74 Å². The minimum atomic E-state index is -4.58. The van der Waals surface area contributed by atoms with Gasteiger partial charge in [0.05, 0.1) is 23.4 Å². The van der Waals surface area contributed by atoms with Gasteiger partial charge >= 0.3 is 6.18 Å². The van der Waals surface area contributed by atoms with Crippen LogP contribution in [0.4, 0.5) is 17.6 Å². The summed E-state index contributed by atoms with van der Waals surface area (Å²) in [5.41, 5.74) is -1.20. The molecule has 12 heteroatoms. The molecule has 1 heterocycles. The van der Waals surface area contributed by atoms with Crippen LogP contribution in [0.5, 0.6) is 0 Å². The molecule has 0 unspecified atom stereocenters. The molecule has 1 aromatic carbocycles. The minimum absolute atomic E-state index is 0.00960. The third-order valence-corrected chi connectivity index (χ3v) is 4.52. The second-order valence-corrected chi connectivity index (χ2v) is 6.88. The molecule has 178 valence electrons. The van der Waals surface area contributed by atoms with E-state index in [-0.39, 0.29) is 41.9 Å². The molecule has 1 aromatic heterocycles. The second-order valence-electron chi connectivity index (χ2n) is 6.88. The van der Waals surface area contributed by atoms with Crippen LogP contribution in [0.2, 0.25) is 0 Å². The van der Waals surface area contributed by atoms with Crippen molar-refractivity contribution < 1.29 is 31.5 Å². The number of carbonyl (C=O) groups excluding carboxylic acids is 1. The number of aromatic nitrogens is 2. The summed E-state index contributed by atoms with van der Waals surface area (Å²) >= 11 is 0. The molecule has 1 atom stereocenters. The van der Waals surface area contributed by atoms with Crippen LogP contribution >= 0.6 is 0 Å². The van der Waals surface area contributed by atoms with Crippen molar-refractivity contribution in [3.63, 3.8) is 0 Å². The van der Waals surface area contributed by atoms with E-state index < -0.39 is 29.7 Å². The van der Waals surface area contributed by atoms with Gasteiger partial charge in [0.15, 0.2) is 0 Å². The van der Waals surface area contributed by atoms with Crippen LogP contribution in [-0.4, -0.2) is 58.8 Å². The van der Waals surface area contributed by atoms with Crippen molar-refractivity contribution in [1.82, 2.24) is 15.1 Å². The third-order valence-electron chi connectivity index (χ3n) is 4.52. The van der Waals surface area contributed by atoms with Crippen LogP contribution in [0.1, 0.15) is 37.0 Å². The van der Waals surface area contributed by atoms with Crippen LogP contribution in [0, 0.1) is 12.7 Å². The first-order chi connectivity index (χ1) is 15.5. The van der Waals surface area contributed by atoms with Gasteiger partial charge in [-0.1, -0.05) is 6.07 Å². The van der Waals surface area contributed by atoms with Gasteiger partial charge in [0.1, 0.15) is 18.1 Å². The molecular weight excluding hydrogens is 446 g/mol. The number of hydrogen-bond donors (Lipinski definition) is 0. The summed E-state index contributed by atoms with van der Waals surface area (Å²) in [7, 11) is 0. The standard InChI is InChI=1S/C21H23F4N5O3/c1-6-30(12(2)11-32-17(26-5)10-27-13(3)21(23,24)25)20(31)15-8-7-9-16(22)18(15)19-29-28-14(4)33-19/h7-10,12H,5-6,11H2,1-4H3/b17-10+,27-13?/t12-/m0/s1. The van der Waals surface area contributed by atoms with Gasteiger partial charge in [0.25, 0.3) is 11.8 Å². The molecule has 0 radical (unpaired) electrons. The summed E-state index contributed by atoms with van der Waals surface area (Å²) in [5.74, 6) is -1.40. The van der Waals surface area contributed by atoms with Gasteiger partial charge in [0, 0.05) is 13.5 Å². The number of halogens is 4. The molecule has 8 nitrogen and oxygen atoms in total. The van der Waals surface area contributed by atoms with Gasteiger partial charge in [0.2, 0.25) is 11.8 Å². The molecule has 0 fully saturated rings. The lowest BCUT2D eigenvalue weighted by Gasteiger charge is -2.28. The van der Waals surface area contributed by atoms with Crippen LogP contribution < -0.4 is 0 Å². The molecule has 2 rings (SSSR count). The first-order valence-electron chi connectivity index (χ1n) is 9.80. The molecule has 0 saturated heterocycles. The Kier molecular flexibility index (Phi) is 8.44. The van der Waals surface area contributed by atoms with Crippen molar-refractivity contribution in [2.45, 2.75) is 39.9 Å². The lowest BCUT2D eigenvalue weighted by atomic mass is 10.0. The fourth-order valence-corrected chi connectivity index (χ4v) is 2.77. The Hall–Kier alpha value is -3.57. The maximum absolute atomic E-state index is 14.6. The Morgan fingerprint density at radius 3 is 2.61 bits per heavy atom. The zero-order valence-corrected chi connectivity index (χ0v) is 18.5. The fraction of sp³-hybridized carbons (Fsp3) is 0.381. The molecule has 0 aliphatic heterocycles. The zero-order chi connectivity index (χ0) is 24.8. The van der Waals surface area contributed by atoms with Crippen molar-refractivity contribution in [3.8, 4) is 11.5 Å². The van der Waals surface area contributed by atoms with Gasteiger partial charge in [-0.15, -0.1) is 10.2 Å². The first kappa shape index (κ1) is 25.7. The Morgan fingerprint density at radius 1 is 1.36 bits per heavy atom. The lowest BCUT2D eigenvalue weighted by Crippen LogP contribution is -2.41. The maximum Gasteiger partial charge on any atom is 0.429 e. The average Bonchev–Trinajstić information content (AvgIpc) is 3.18. The van der Waals surface area contributed by atoms with Crippen molar-refractivity contribution in [2.24, 2.45) is 9.98 Å². The Balaban J connectivity index is 2.23. The molecule has 0 aliphatic rings. The maximum atomic E-state index is 14.6. The van der Waals surface area contributed by atoms with Crippen molar-refractivity contribution >= 4 is 18.3 Å². The number of alkyl halides is 3. The normalized spacial score (nSPS) is 13.6. The highest BCUT2D eigenvalue weighted by molar-refractivity contribution is 6.00. The number of rotatable bonds is 9. The van der Waals surface area contributed by atoms with E-state index in [0.29, 0.717) is 0 Å². The third kappa shape index (κ3) is 6.46. The van der Waals surface area contributed by atoms with E-state index in [1.165, 1.54) is 30.0 Å². The van der Waals surface area contributed by atoms with Gasteiger partial charge in [-0.05, 0) is 39.6 Å². The molecule has 0 saturated carbocycles. The fourth-order valence-electron chi connectivity index (χ4n) is 2.77.